The van der Waals surface area contributed by atoms with Crippen LogP contribution in [0.3, 0.4) is 0 Å². The van der Waals surface area contributed by atoms with Gasteiger partial charge in [-0.05, 0) is 66.3 Å². The molecule has 2 N–H and O–H groups in total. The lowest BCUT2D eigenvalue weighted by atomic mass is 9.81. The van der Waals surface area contributed by atoms with Gasteiger partial charge in [0.25, 0.3) is 0 Å². The van der Waals surface area contributed by atoms with Gasteiger partial charge in [0.05, 0.1) is 14.2 Å². The van der Waals surface area contributed by atoms with Gasteiger partial charge in [-0.1, -0.05) is 19.1 Å². The minimum atomic E-state index is -0.0104. The van der Waals surface area contributed by atoms with E-state index in [4.69, 9.17) is 9.47 Å². The fourth-order valence-corrected chi connectivity index (χ4v) is 3.46. The summed E-state index contributed by atoms with van der Waals surface area (Å²) in [6.45, 7) is 2.10. The zero-order valence-electron chi connectivity index (χ0n) is 16.2. The average Bonchev–Trinajstić information content (AvgIpc) is 2.66. The van der Waals surface area contributed by atoms with Crippen molar-refractivity contribution in [2.24, 2.45) is 5.92 Å². The summed E-state index contributed by atoms with van der Waals surface area (Å²) in [4.78, 5) is 13.0. The fraction of sp³-hybridized carbons (Fsp3) is 0.261. The molecule has 0 aliphatic heterocycles. The molecule has 0 heterocycles. The topological polar surface area (TPSA) is 76.0 Å². The second kappa shape index (κ2) is 8.21. The van der Waals surface area contributed by atoms with Crippen molar-refractivity contribution in [3.63, 3.8) is 0 Å². The summed E-state index contributed by atoms with van der Waals surface area (Å²) in [7, 11) is 2.99. The number of phenols is 2. The number of ketones is 1. The Hall–Kier alpha value is -3.21. The number of Topliss-reactive ketones (excluding diaryl/α,β-unsaturated/α-hetero) is 1. The van der Waals surface area contributed by atoms with Crippen molar-refractivity contribution < 1.29 is 24.5 Å². The summed E-state index contributed by atoms with van der Waals surface area (Å²) in [5, 5.41) is 19.9. The molecular formula is C23H24O5. The third-order valence-corrected chi connectivity index (χ3v) is 4.81. The Bertz CT molecular complexity index is 880. The van der Waals surface area contributed by atoms with Gasteiger partial charge in [0.2, 0.25) is 0 Å². The number of benzene rings is 2. The molecule has 5 heteroatoms. The van der Waals surface area contributed by atoms with Gasteiger partial charge in [0, 0.05) is 11.1 Å². The molecule has 1 fully saturated rings. The summed E-state index contributed by atoms with van der Waals surface area (Å²) >= 11 is 0. The molecule has 0 bridgehead atoms. The van der Waals surface area contributed by atoms with E-state index in [1.807, 2.05) is 24.3 Å². The molecule has 28 heavy (non-hydrogen) atoms. The van der Waals surface area contributed by atoms with E-state index in [1.165, 1.54) is 14.2 Å². The molecule has 0 aromatic heterocycles. The first-order chi connectivity index (χ1) is 13.4. The van der Waals surface area contributed by atoms with Crippen molar-refractivity contribution in [1.29, 1.82) is 0 Å². The van der Waals surface area contributed by atoms with Crippen LogP contribution in [0, 0.1) is 5.92 Å². The van der Waals surface area contributed by atoms with E-state index in [9.17, 15) is 15.0 Å². The maximum Gasteiger partial charge on any atom is 0.185 e. The summed E-state index contributed by atoms with van der Waals surface area (Å²) in [5.41, 5.74) is 2.90. The van der Waals surface area contributed by atoms with E-state index in [0.717, 1.165) is 11.1 Å². The number of allylic oxidation sites excluding steroid dienone is 2. The molecule has 0 atom stereocenters. The number of rotatable bonds is 4. The van der Waals surface area contributed by atoms with Crippen molar-refractivity contribution in [3.05, 3.63) is 58.7 Å². The molecule has 2 aromatic carbocycles. The largest absolute Gasteiger partial charge is 0.504 e. The van der Waals surface area contributed by atoms with Crippen LogP contribution in [0.2, 0.25) is 0 Å². The van der Waals surface area contributed by atoms with Crippen molar-refractivity contribution in [1.82, 2.24) is 0 Å². The van der Waals surface area contributed by atoms with Gasteiger partial charge in [-0.2, -0.15) is 0 Å². The number of hydrogen-bond acceptors (Lipinski definition) is 5. The highest BCUT2D eigenvalue weighted by molar-refractivity contribution is 6.14. The highest BCUT2D eigenvalue weighted by Crippen LogP contribution is 2.34. The number of methoxy groups -OCH3 is 2. The second-order valence-electron chi connectivity index (χ2n) is 7.04. The summed E-state index contributed by atoms with van der Waals surface area (Å²) < 4.78 is 10.1. The standard InChI is InChI=1S/C23H24O5/c1-14-8-17(10-15-4-6-21(27-2)19(24)12-15)23(26)18(9-14)11-16-5-7-22(28-3)20(25)13-16/h4-7,10-14,24-25H,8-9H2,1-3H3/b17-10-,18-11-. The Kier molecular flexibility index (Phi) is 5.73. The van der Waals surface area contributed by atoms with Crippen LogP contribution in [-0.2, 0) is 4.79 Å². The minimum absolute atomic E-state index is 0.0104. The zero-order chi connectivity index (χ0) is 20.3. The normalized spacial score (nSPS) is 19.8. The number of carbonyl (C=O) groups excluding carboxylic acids is 1. The maximum absolute atomic E-state index is 13.0. The monoisotopic (exact) mass is 380 g/mol. The van der Waals surface area contributed by atoms with Gasteiger partial charge in [-0.25, -0.2) is 0 Å². The van der Waals surface area contributed by atoms with Gasteiger partial charge in [-0.3, -0.25) is 4.79 Å². The first kappa shape index (κ1) is 19.5. The van der Waals surface area contributed by atoms with Crippen molar-refractivity contribution in [2.45, 2.75) is 19.8 Å². The van der Waals surface area contributed by atoms with Crippen molar-refractivity contribution >= 4 is 17.9 Å². The van der Waals surface area contributed by atoms with Crippen molar-refractivity contribution in [3.8, 4) is 23.0 Å². The van der Waals surface area contributed by atoms with Crippen LogP contribution >= 0.6 is 0 Å². The van der Waals surface area contributed by atoms with Gasteiger partial charge in [-0.15, -0.1) is 0 Å². The highest BCUT2D eigenvalue weighted by atomic mass is 16.5. The predicted octanol–water partition coefficient (Wildman–Crippen LogP) is 4.58. The Morgan fingerprint density at radius 3 is 1.64 bits per heavy atom. The molecule has 3 rings (SSSR count). The number of hydrogen-bond donors (Lipinski definition) is 2. The van der Waals surface area contributed by atoms with Crippen LogP contribution < -0.4 is 9.47 Å². The lowest BCUT2D eigenvalue weighted by Gasteiger charge is -2.22. The van der Waals surface area contributed by atoms with E-state index in [1.54, 1.807) is 24.3 Å². The van der Waals surface area contributed by atoms with Crippen LogP contribution in [-0.4, -0.2) is 30.2 Å². The van der Waals surface area contributed by atoms with E-state index in [2.05, 4.69) is 6.92 Å². The molecule has 0 spiro atoms. The van der Waals surface area contributed by atoms with Gasteiger partial charge in [0.15, 0.2) is 28.8 Å². The summed E-state index contributed by atoms with van der Waals surface area (Å²) in [6.07, 6.45) is 4.99. The van der Waals surface area contributed by atoms with Crippen molar-refractivity contribution in [2.75, 3.05) is 14.2 Å². The molecular weight excluding hydrogens is 356 g/mol. The minimum Gasteiger partial charge on any atom is -0.504 e. The lowest BCUT2D eigenvalue weighted by Crippen LogP contribution is -2.18. The van der Waals surface area contributed by atoms with Gasteiger partial charge >= 0.3 is 0 Å². The molecule has 5 nitrogen and oxygen atoms in total. The van der Waals surface area contributed by atoms with Gasteiger partial charge in [0.1, 0.15) is 0 Å². The Morgan fingerprint density at radius 2 is 1.29 bits per heavy atom. The third kappa shape index (κ3) is 4.19. The fourth-order valence-electron chi connectivity index (χ4n) is 3.46. The average molecular weight is 380 g/mol. The Labute approximate surface area is 164 Å². The SMILES string of the molecule is COc1ccc(/C=C2/CC(C)C/C(=C/c3ccc(OC)c(O)c3)C2=O)cc1O. The molecule has 1 aliphatic carbocycles. The Morgan fingerprint density at radius 1 is 0.857 bits per heavy atom. The second-order valence-corrected chi connectivity index (χ2v) is 7.04. The lowest BCUT2D eigenvalue weighted by molar-refractivity contribution is -0.113. The molecule has 1 saturated carbocycles. The Balaban J connectivity index is 1.92. The number of carbonyl (C=O) groups is 1. The first-order valence-electron chi connectivity index (χ1n) is 9.11. The van der Waals surface area contributed by atoms with E-state index < -0.39 is 0 Å². The van der Waals surface area contributed by atoms with Crippen LogP contribution in [0.4, 0.5) is 0 Å². The van der Waals surface area contributed by atoms with Gasteiger partial charge < -0.3 is 19.7 Å². The molecule has 2 aromatic rings. The third-order valence-electron chi connectivity index (χ3n) is 4.81. The highest BCUT2D eigenvalue weighted by Gasteiger charge is 2.25. The summed E-state index contributed by atoms with van der Waals surface area (Å²) in [6, 6.07) is 10.1. The molecule has 0 amide bonds. The van der Waals surface area contributed by atoms with E-state index in [-0.39, 0.29) is 17.3 Å². The molecule has 0 saturated heterocycles. The molecule has 0 unspecified atom stereocenters. The van der Waals surface area contributed by atoms with E-state index in [0.29, 0.717) is 41.4 Å². The predicted molar refractivity (Wildman–Crippen MR) is 109 cm³/mol. The van der Waals surface area contributed by atoms with Crippen LogP contribution in [0.1, 0.15) is 30.9 Å². The van der Waals surface area contributed by atoms with E-state index >= 15 is 0 Å². The summed E-state index contributed by atoms with van der Waals surface area (Å²) in [5.74, 6) is 1.17. The quantitative estimate of drug-likeness (QED) is 0.759. The van der Waals surface area contributed by atoms with Crippen LogP contribution in [0.5, 0.6) is 23.0 Å². The first-order valence-corrected chi connectivity index (χ1v) is 9.11. The number of ether oxygens (including phenoxy) is 2. The molecule has 1 aliphatic rings. The van der Waals surface area contributed by atoms with Crippen LogP contribution in [0.25, 0.3) is 12.2 Å². The maximum atomic E-state index is 13.0. The molecule has 0 radical (unpaired) electrons. The number of aromatic hydroxyl groups is 2. The smallest absolute Gasteiger partial charge is 0.185 e. The van der Waals surface area contributed by atoms with Crippen LogP contribution in [0.15, 0.2) is 47.5 Å². The molecule has 146 valence electrons. The number of phenolic OH excluding ortho intramolecular Hbond substituents is 2. The zero-order valence-corrected chi connectivity index (χ0v) is 16.2.